The van der Waals surface area contributed by atoms with Gasteiger partial charge in [-0.15, -0.1) is 0 Å². The van der Waals surface area contributed by atoms with Crippen molar-refractivity contribution in [2.75, 3.05) is 33.8 Å². The zero-order valence-corrected chi connectivity index (χ0v) is 21.3. The number of carbonyl (C=O) groups is 2. The van der Waals surface area contributed by atoms with E-state index in [0.717, 1.165) is 37.3 Å². The van der Waals surface area contributed by atoms with Gasteiger partial charge in [-0.1, -0.05) is 27.7 Å². The van der Waals surface area contributed by atoms with Gasteiger partial charge in [0.1, 0.15) is 5.65 Å². The van der Waals surface area contributed by atoms with Crippen LogP contribution in [0.2, 0.25) is 0 Å². The molecule has 0 atom stereocenters. The Morgan fingerprint density at radius 1 is 1.09 bits per heavy atom. The van der Waals surface area contributed by atoms with Crippen molar-refractivity contribution in [2.45, 2.75) is 54.0 Å². The summed E-state index contributed by atoms with van der Waals surface area (Å²) in [5, 5.41) is 0. The molecule has 7 heteroatoms. The first-order chi connectivity index (χ1) is 15.6. The molecule has 0 saturated heterocycles. The van der Waals surface area contributed by atoms with Gasteiger partial charge in [0.2, 0.25) is 0 Å². The molecule has 0 fully saturated rings. The van der Waals surface area contributed by atoms with Crippen LogP contribution in [0, 0.1) is 11.8 Å². The van der Waals surface area contributed by atoms with Gasteiger partial charge >= 0.3 is 5.97 Å². The average Bonchev–Trinajstić information content (AvgIpc) is 3.07. The van der Waals surface area contributed by atoms with E-state index in [1.54, 1.807) is 13.0 Å². The standard InChI is InChI=1S/C26H40N4O3/c1-8-33-25(31)12-10-22-23(18-28(6)7)30-17-21(9-11-24(30)27-22)26(32)29(15-13-19(2)3)16-14-20(4)5/h9-12,17,19-20H,8,13-16,18H2,1-7H3/b12-10+. The first kappa shape index (κ1) is 26.6. The highest BCUT2D eigenvalue weighted by molar-refractivity contribution is 5.94. The van der Waals surface area contributed by atoms with Crippen LogP contribution in [0.1, 0.15) is 69.2 Å². The molecule has 0 aliphatic heterocycles. The number of aromatic nitrogens is 2. The van der Waals surface area contributed by atoms with Gasteiger partial charge in [0, 0.05) is 31.9 Å². The van der Waals surface area contributed by atoms with Gasteiger partial charge in [-0.3, -0.25) is 4.79 Å². The van der Waals surface area contributed by atoms with Gasteiger partial charge in [0.05, 0.1) is 23.6 Å². The number of rotatable bonds is 12. The first-order valence-corrected chi connectivity index (χ1v) is 11.9. The monoisotopic (exact) mass is 456 g/mol. The molecule has 1 amide bonds. The second-order valence-corrected chi connectivity index (χ2v) is 9.57. The minimum Gasteiger partial charge on any atom is -0.463 e. The highest BCUT2D eigenvalue weighted by Gasteiger charge is 2.19. The normalized spacial score (nSPS) is 11.9. The molecule has 2 rings (SSSR count). The largest absolute Gasteiger partial charge is 0.463 e. The Kier molecular flexibility index (Phi) is 10.1. The summed E-state index contributed by atoms with van der Waals surface area (Å²) < 4.78 is 6.95. The van der Waals surface area contributed by atoms with Crippen molar-refractivity contribution in [3.05, 3.63) is 41.4 Å². The van der Waals surface area contributed by atoms with Gasteiger partial charge in [-0.2, -0.15) is 0 Å². The minimum atomic E-state index is -0.396. The topological polar surface area (TPSA) is 67.1 Å². The number of imidazole rings is 1. The van der Waals surface area contributed by atoms with Crippen LogP contribution < -0.4 is 0 Å². The highest BCUT2D eigenvalue weighted by Crippen LogP contribution is 2.19. The third-order valence-corrected chi connectivity index (χ3v) is 5.37. The predicted molar refractivity (Wildman–Crippen MR) is 133 cm³/mol. The van der Waals surface area contributed by atoms with Crippen molar-refractivity contribution in [3.8, 4) is 0 Å². The Balaban J connectivity index is 2.41. The van der Waals surface area contributed by atoms with Crippen molar-refractivity contribution in [2.24, 2.45) is 11.8 Å². The summed E-state index contributed by atoms with van der Waals surface area (Å²) >= 11 is 0. The predicted octanol–water partition coefficient (Wildman–Crippen LogP) is 4.51. The molecule has 2 heterocycles. The van der Waals surface area contributed by atoms with E-state index in [4.69, 9.17) is 4.74 Å². The summed E-state index contributed by atoms with van der Waals surface area (Å²) in [6.45, 7) is 13.0. The van der Waals surface area contributed by atoms with Crippen LogP contribution in [0.15, 0.2) is 24.4 Å². The van der Waals surface area contributed by atoms with Crippen LogP contribution in [0.3, 0.4) is 0 Å². The molecule has 0 aliphatic carbocycles. The number of pyridine rings is 1. The summed E-state index contributed by atoms with van der Waals surface area (Å²) in [4.78, 5) is 33.9. The Hall–Kier alpha value is -2.67. The zero-order valence-electron chi connectivity index (χ0n) is 21.3. The maximum absolute atomic E-state index is 13.4. The lowest BCUT2D eigenvalue weighted by Gasteiger charge is -2.25. The molecule has 0 bridgehead atoms. The number of nitrogens with zero attached hydrogens (tertiary/aromatic N) is 4. The van der Waals surface area contributed by atoms with Gasteiger partial charge < -0.3 is 18.9 Å². The number of esters is 1. The van der Waals surface area contributed by atoms with Crippen molar-refractivity contribution >= 4 is 23.6 Å². The number of hydrogen-bond donors (Lipinski definition) is 0. The second kappa shape index (κ2) is 12.5. The van der Waals surface area contributed by atoms with E-state index in [-0.39, 0.29) is 5.91 Å². The Morgan fingerprint density at radius 2 is 1.73 bits per heavy atom. The molecule has 7 nitrogen and oxygen atoms in total. The Labute approximate surface area is 198 Å². The lowest BCUT2D eigenvalue weighted by molar-refractivity contribution is -0.137. The first-order valence-electron chi connectivity index (χ1n) is 11.9. The number of fused-ring (bicyclic) bond motifs is 1. The van der Waals surface area contributed by atoms with E-state index in [0.29, 0.717) is 36.2 Å². The third-order valence-electron chi connectivity index (χ3n) is 5.37. The molecule has 0 radical (unpaired) electrons. The third kappa shape index (κ3) is 8.00. The van der Waals surface area contributed by atoms with Crippen LogP contribution in [-0.4, -0.2) is 64.9 Å². The smallest absolute Gasteiger partial charge is 0.330 e. The SMILES string of the molecule is CCOC(=O)/C=C/c1nc2ccc(C(=O)N(CCC(C)C)CCC(C)C)cn2c1CN(C)C. The number of ether oxygens (including phenoxy) is 1. The van der Waals surface area contributed by atoms with Crippen molar-refractivity contribution in [1.29, 1.82) is 0 Å². The Bertz CT molecular complexity index is 948. The maximum atomic E-state index is 13.4. The lowest BCUT2D eigenvalue weighted by atomic mass is 10.1. The van der Waals surface area contributed by atoms with Gasteiger partial charge in [-0.25, -0.2) is 9.78 Å². The molecule has 182 valence electrons. The number of amides is 1. The molecule has 33 heavy (non-hydrogen) atoms. The molecule has 2 aromatic heterocycles. The fraction of sp³-hybridized carbons (Fsp3) is 0.577. The lowest BCUT2D eigenvalue weighted by Crippen LogP contribution is -2.34. The molecule has 0 aromatic carbocycles. The quantitative estimate of drug-likeness (QED) is 0.347. The molecule has 0 saturated carbocycles. The van der Waals surface area contributed by atoms with E-state index in [9.17, 15) is 9.59 Å². The van der Waals surface area contributed by atoms with Crippen molar-refractivity contribution < 1.29 is 14.3 Å². The van der Waals surface area contributed by atoms with Crippen LogP contribution in [0.25, 0.3) is 11.7 Å². The molecule has 0 N–H and O–H groups in total. The second-order valence-electron chi connectivity index (χ2n) is 9.57. The summed E-state index contributed by atoms with van der Waals surface area (Å²) in [6, 6.07) is 3.72. The van der Waals surface area contributed by atoms with E-state index >= 15 is 0 Å². The number of hydrogen-bond acceptors (Lipinski definition) is 5. The van der Waals surface area contributed by atoms with Crippen LogP contribution in [0.5, 0.6) is 0 Å². The van der Waals surface area contributed by atoms with Crippen molar-refractivity contribution in [1.82, 2.24) is 19.2 Å². The van der Waals surface area contributed by atoms with Gasteiger partial charge in [0.15, 0.2) is 0 Å². The zero-order chi connectivity index (χ0) is 24.5. The summed E-state index contributed by atoms with van der Waals surface area (Å²) in [5.74, 6) is 0.727. The molecule has 0 unspecified atom stereocenters. The van der Waals surface area contributed by atoms with E-state index in [1.807, 2.05) is 46.6 Å². The van der Waals surface area contributed by atoms with Crippen LogP contribution in [-0.2, 0) is 16.1 Å². The van der Waals surface area contributed by atoms with Gasteiger partial charge in [0.25, 0.3) is 5.91 Å². The molecular weight excluding hydrogens is 416 g/mol. The molecule has 2 aromatic rings. The fourth-order valence-electron chi connectivity index (χ4n) is 3.49. The molecule has 0 spiro atoms. The van der Waals surface area contributed by atoms with E-state index in [1.165, 1.54) is 6.08 Å². The average molecular weight is 457 g/mol. The van der Waals surface area contributed by atoms with Crippen molar-refractivity contribution in [3.63, 3.8) is 0 Å². The molecule has 0 aliphatic rings. The van der Waals surface area contributed by atoms with Crippen LogP contribution in [0.4, 0.5) is 0 Å². The van der Waals surface area contributed by atoms with Gasteiger partial charge in [-0.05, 0) is 63.9 Å². The number of carbonyl (C=O) groups excluding carboxylic acids is 2. The Morgan fingerprint density at radius 3 is 2.27 bits per heavy atom. The van der Waals surface area contributed by atoms with E-state index < -0.39 is 5.97 Å². The molecular formula is C26H40N4O3. The summed E-state index contributed by atoms with van der Waals surface area (Å²) in [6.07, 6.45) is 6.92. The minimum absolute atomic E-state index is 0.0475. The summed E-state index contributed by atoms with van der Waals surface area (Å²) in [5.41, 5.74) is 3.00. The maximum Gasteiger partial charge on any atom is 0.330 e. The highest BCUT2D eigenvalue weighted by atomic mass is 16.5. The van der Waals surface area contributed by atoms with E-state index in [2.05, 4.69) is 32.7 Å². The summed E-state index contributed by atoms with van der Waals surface area (Å²) in [7, 11) is 3.96. The fourth-order valence-corrected chi connectivity index (χ4v) is 3.49. The van der Waals surface area contributed by atoms with Crippen LogP contribution >= 0.6 is 0 Å².